The van der Waals surface area contributed by atoms with Crippen molar-refractivity contribution in [2.24, 2.45) is 23.3 Å². The lowest BCUT2D eigenvalue weighted by atomic mass is 10.1. The molecule has 0 saturated heterocycles. The summed E-state index contributed by atoms with van der Waals surface area (Å²) in [6.07, 6.45) is 0. The van der Waals surface area contributed by atoms with Crippen LogP contribution in [0.3, 0.4) is 0 Å². The highest BCUT2D eigenvalue weighted by Crippen LogP contribution is 2.37. The van der Waals surface area contributed by atoms with E-state index >= 15 is 0 Å². The summed E-state index contributed by atoms with van der Waals surface area (Å²) in [6, 6.07) is 3.09. The predicted octanol–water partition coefficient (Wildman–Crippen LogP) is 2.32. The van der Waals surface area contributed by atoms with E-state index in [2.05, 4.69) is 0 Å². The predicted molar refractivity (Wildman–Crippen MR) is 104 cm³/mol. The Labute approximate surface area is 166 Å². The second-order valence-electron chi connectivity index (χ2n) is 6.17. The average Bonchev–Trinajstić information content (AvgIpc) is 2.54. The van der Waals surface area contributed by atoms with Crippen LogP contribution < -0.4 is 25.7 Å². The molecule has 0 aliphatic heterocycles. The third-order valence-electron chi connectivity index (χ3n) is 3.56. The molecule has 9 heteroatoms. The van der Waals surface area contributed by atoms with Gasteiger partial charge in [-0.25, -0.2) is 9.59 Å². The number of para-hydroxylation sites is 1. The summed E-state index contributed by atoms with van der Waals surface area (Å²) >= 11 is 0. The van der Waals surface area contributed by atoms with Gasteiger partial charge in [-0.05, 0) is 24.0 Å². The molecule has 2 unspecified atom stereocenters. The van der Waals surface area contributed by atoms with Gasteiger partial charge in [0, 0.05) is 0 Å². The van der Waals surface area contributed by atoms with Crippen LogP contribution in [-0.2, 0) is 9.59 Å². The molecule has 0 fully saturated rings. The largest absolute Gasteiger partial charge is 0.493 e. The van der Waals surface area contributed by atoms with Gasteiger partial charge in [-0.1, -0.05) is 33.8 Å². The Kier molecular flexibility index (Phi) is 12.3. The maximum Gasteiger partial charge on any atom is 0.328 e. The van der Waals surface area contributed by atoms with Gasteiger partial charge in [0.15, 0.2) is 11.5 Å². The second-order valence-corrected chi connectivity index (χ2v) is 6.17. The molecule has 0 aromatic heterocycles. The minimum Gasteiger partial charge on any atom is -0.493 e. The lowest BCUT2D eigenvalue weighted by Crippen LogP contribution is -2.39. The van der Waals surface area contributed by atoms with Gasteiger partial charge in [-0.3, -0.25) is 0 Å². The first-order valence-electron chi connectivity index (χ1n) is 7.80. The molecule has 2 atom stereocenters. The zero-order chi connectivity index (χ0) is 18.4. The van der Waals surface area contributed by atoms with Crippen LogP contribution in [0, 0.1) is 11.8 Å². The summed E-state index contributed by atoms with van der Waals surface area (Å²) < 4.78 is 15.8. The normalized spacial score (nSPS) is 12.5. The molecule has 0 radical (unpaired) electrons. The number of nitrogens with two attached hydrogens (primary N) is 2. The van der Waals surface area contributed by atoms with E-state index in [0.717, 1.165) is 0 Å². The molecule has 0 spiro atoms. The zero-order valence-corrected chi connectivity index (χ0v) is 17.2. The van der Waals surface area contributed by atoms with E-state index in [1.54, 1.807) is 39.8 Å². The van der Waals surface area contributed by atoms with E-state index < -0.39 is 24.0 Å². The fourth-order valence-corrected chi connectivity index (χ4v) is 1.73. The highest BCUT2D eigenvalue weighted by Gasteiger charge is 2.26. The summed E-state index contributed by atoms with van der Waals surface area (Å²) in [5, 5.41) is 0. The molecule has 0 aliphatic rings. The molecule has 0 bridgehead atoms. The van der Waals surface area contributed by atoms with Gasteiger partial charge in [0.05, 0.1) is 7.11 Å². The number of esters is 2. The molecule has 4 N–H and O–H groups in total. The first kappa shape index (κ1) is 26.7. The SMILES string of the molecule is COc1cccc(OC(=O)C(N)C(C)C)c1OC(=O)C(N)C(C)C.Cl.Cl. The van der Waals surface area contributed by atoms with Gasteiger partial charge in [0.1, 0.15) is 12.1 Å². The van der Waals surface area contributed by atoms with E-state index in [1.807, 2.05) is 0 Å². The van der Waals surface area contributed by atoms with Crippen molar-refractivity contribution < 1.29 is 23.8 Å². The van der Waals surface area contributed by atoms with Crippen molar-refractivity contribution in [1.29, 1.82) is 0 Å². The van der Waals surface area contributed by atoms with Gasteiger partial charge >= 0.3 is 11.9 Å². The molecular formula is C17H28Cl2N2O5. The number of benzene rings is 1. The number of hydrogen-bond acceptors (Lipinski definition) is 7. The zero-order valence-electron chi connectivity index (χ0n) is 15.6. The smallest absolute Gasteiger partial charge is 0.328 e. The Balaban J connectivity index is 0. The fraction of sp³-hybridized carbons (Fsp3) is 0.529. The number of carbonyl (C=O) groups excluding carboxylic acids is 2. The summed E-state index contributed by atoms with van der Waals surface area (Å²) in [5.74, 6) is -1.15. The summed E-state index contributed by atoms with van der Waals surface area (Å²) in [5.41, 5.74) is 11.6. The molecule has 1 aromatic rings. The van der Waals surface area contributed by atoms with Crippen molar-refractivity contribution in [1.82, 2.24) is 0 Å². The van der Waals surface area contributed by atoms with Crippen molar-refractivity contribution in [3.05, 3.63) is 18.2 Å². The molecular weight excluding hydrogens is 383 g/mol. The van der Waals surface area contributed by atoms with Crippen LogP contribution in [0.5, 0.6) is 17.2 Å². The number of carbonyl (C=O) groups is 2. The molecule has 0 heterocycles. The third-order valence-corrected chi connectivity index (χ3v) is 3.56. The number of rotatable bonds is 7. The van der Waals surface area contributed by atoms with Crippen LogP contribution in [0.1, 0.15) is 27.7 Å². The second kappa shape index (κ2) is 12.0. The third kappa shape index (κ3) is 6.99. The maximum absolute atomic E-state index is 12.1. The lowest BCUT2D eigenvalue weighted by molar-refractivity contribution is -0.139. The van der Waals surface area contributed by atoms with Crippen LogP contribution in [-0.4, -0.2) is 31.1 Å². The molecule has 0 amide bonds. The van der Waals surface area contributed by atoms with Crippen molar-refractivity contribution in [3.8, 4) is 17.2 Å². The van der Waals surface area contributed by atoms with Gasteiger partial charge in [0.25, 0.3) is 0 Å². The number of methoxy groups -OCH3 is 1. The van der Waals surface area contributed by atoms with E-state index in [0.29, 0.717) is 0 Å². The molecule has 150 valence electrons. The molecule has 0 saturated carbocycles. The van der Waals surface area contributed by atoms with Crippen LogP contribution in [0.25, 0.3) is 0 Å². The van der Waals surface area contributed by atoms with Gasteiger partial charge in [-0.15, -0.1) is 24.8 Å². The van der Waals surface area contributed by atoms with E-state index in [4.69, 9.17) is 25.7 Å². The fourth-order valence-electron chi connectivity index (χ4n) is 1.73. The minimum absolute atomic E-state index is 0. The van der Waals surface area contributed by atoms with E-state index in [-0.39, 0.29) is 53.9 Å². The summed E-state index contributed by atoms with van der Waals surface area (Å²) in [6.45, 7) is 7.22. The Bertz CT molecular complexity index is 597. The molecule has 1 aromatic carbocycles. The van der Waals surface area contributed by atoms with Crippen molar-refractivity contribution in [3.63, 3.8) is 0 Å². The van der Waals surface area contributed by atoms with Crippen LogP contribution in [0.2, 0.25) is 0 Å². The number of hydrogen-bond donors (Lipinski definition) is 2. The van der Waals surface area contributed by atoms with Crippen molar-refractivity contribution in [2.45, 2.75) is 39.8 Å². The molecule has 7 nitrogen and oxygen atoms in total. The van der Waals surface area contributed by atoms with Gasteiger partial charge in [0.2, 0.25) is 5.75 Å². The molecule has 26 heavy (non-hydrogen) atoms. The number of ether oxygens (including phenoxy) is 3. The van der Waals surface area contributed by atoms with Crippen LogP contribution in [0.4, 0.5) is 0 Å². The molecule has 0 aliphatic carbocycles. The monoisotopic (exact) mass is 410 g/mol. The Morgan fingerprint density at radius 3 is 1.69 bits per heavy atom. The summed E-state index contributed by atoms with van der Waals surface area (Å²) in [7, 11) is 1.42. The minimum atomic E-state index is -0.809. The average molecular weight is 411 g/mol. The summed E-state index contributed by atoms with van der Waals surface area (Å²) in [4.78, 5) is 24.2. The number of halogens is 2. The van der Waals surface area contributed by atoms with E-state index in [1.165, 1.54) is 13.2 Å². The molecule has 1 rings (SSSR count). The first-order valence-corrected chi connectivity index (χ1v) is 7.80. The van der Waals surface area contributed by atoms with E-state index in [9.17, 15) is 9.59 Å². The van der Waals surface area contributed by atoms with Gasteiger partial charge in [-0.2, -0.15) is 0 Å². The Morgan fingerprint density at radius 1 is 0.846 bits per heavy atom. The van der Waals surface area contributed by atoms with Crippen LogP contribution in [0.15, 0.2) is 18.2 Å². The topological polar surface area (TPSA) is 114 Å². The maximum atomic E-state index is 12.1. The van der Waals surface area contributed by atoms with Crippen LogP contribution >= 0.6 is 24.8 Å². The highest BCUT2D eigenvalue weighted by molar-refractivity contribution is 5.85. The lowest BCUT2D eigenvalue weighted by Gasteiger charge is -2.19. The van der Waals surface area contributed by atoms with Gasteiger partial charge < -0.3 is 25.7 Å². The standard InChI is InChI=1S/C17H26N2O5.2ClH/c1-9(2)13(18)16(20)23-12-8-6-7-11(22-5)15(12)24-17(21)14(19)10(3)4;;/h6-10,13-14H,18-19H2,1-5H3;2*1H. The Morgan fingerprint density at radius 2 is 1.27 bits per heavy atom. The quantitative estimate of drug-likeness (QED) is 0.523. The van der Waals surface area contributed by atoms with Crippen molar-refractivity contribution in [2.75, 3.05) is 7.11 Å². The first-order chi connectivity index (χ1) is 11.2. The Hall–Kier alpha value is -1.54. The van der Waals surface area contributed by atoms with Crippen molar-refractivity contribution >= 4 is 36.8 Å². The highest BCUT2D eigenvalue weighted by atomic mass is 35.5.